The molecule has 0 radical (unpaired) electrons. The van der Waals surface area contributed by atoms with Crippen molar-refractivity contribution >= 4 is 11.6 Å². The fraction of sp³-hybridized carbons (Fsp3) is 0.667. The van der Waals surface area contributed by atoms with E-state index in [9.17, 15) is 13.2 Å². The van der Waals surface area contributed by atoms with Gasteiger partial charge in [-0.05, 0) is 13.8 Å². The average molecular weight is 256 g/mol. The lowest BCUT2D eigenvalue weighted by Gasteiger charge is -2.18. The highest BCUT2D eigenvalue weighted by Gasteiger charge is 2.33. The minimum Gasteiger partial charge on any atom is -0.322 e. The van der Waals surface area contributed by atoms with Crippen LogP contribution in [0.5, 0.6) is 0 Å². The first-order chi connectivity index (χ1) is 7.22. The second-order valence-corrected chi connectivity index (χ2v) is 4.25. The Labute approximate surface area is 96.4 Å². The summed E-state index contributed by atoms with van der Waals surface area (Å²) in [5.74, 6) is 0. The van der Waals surface area contributed by atoms with Gasteiger partial charge in [-0.25, -0.2) is 0 Å². The maximum atomic E-state index is 12.2. The Morgan fingerprint density at radius 3 is 2.50 bits per heavy atom. The molecular formula is C9H13ClF3N3. The lowest BCUT2D eigenvalue weighted by atomic mass is 10.1. The molecule has 1 aromatic heterocycles. The predicted molar refractivity (Wildman–Crippen MR) is 55.2 cm³/mol. The van der Waals surface area contributed by atoms with Gasteiger partial charge in [-0.3, -0.25) is 4.68 Å². The molecular weight excluding hydrogens is 243 g/mol. The monoisotopic (exact) mass is 255 g/mol. The zero-order valence-corrected chi connectivity index (χ0v) is 9.68. The van der Waals surface area contributed by atoms with Crippen LogP contribution in [0.25, 0.3) is 0 Å². The van der Waals surface area contributed by atoms with Gasteiger partial charge in [0.15, 0.2) is 0 Å². The van der Waals surface area contributed by atoms with Crippen LogP contribution in [0.1, 0.15) is 38.0 Å². The Morgan fingerprint density at radius 1 is 1.50 bits per heavy atom. The quantitative estimate of drug-likeness (QED) is 0.902. The molecule has 0 amide bonds. The van der Waals surface area contributed by atoms with E-state index in [1.807, 2.05) is 0 Å². The van der Waals surface area contributed by atoms with E-state index in [1.165, 1.54) is 10.9 Å². The van der Waals surface area contributed by atoms with E-state index >= 15 is 0 Å². The van der Waals surface area contributed by atoms with Crippen molar-refractivity contribution in [2.24, 2.45) is 5.73 Å². The molecule has 1 unspecified atom stereocenters. The van der Waals surface area contributed by atoms with Crippen LogP contribution in [-0.4, -0.2) is 16.0 Å². The van der Waals surface area contributed by atoms with Gasteiger partial charge in [-0.2, -0.15) is 18.3 Å². The summed E-state index contributed by atoms with van der Waals surface area (Å²) in [7, 11) is 0. The van der Waals surface area contributed by atoms with E-state index in [0.29, 0.717) is 0 Å². The summed E-state index contributed by atoms with van der Waals surface area (Å²) in [6, 6.07) is -1.26. The van der Waals surface area contributed by atoms with E-state index < -0.39 is 18.6 Å². The molecule has 1 aromatic rings. The van der Waals surface area contributed by atoms with Gasteiger partial charge in [-0.15, -0.1) is 0 Å². The Morgan fingerprint density at radius 2 is 2.06 bits per heavy atom. The van der Waals surface area contributed by atoms with Gasteiger partial charge < -0.3 is 5.73 Å². The topological polar surface area (TPSA) is 43.8 Å². The van der Waals surface area contributed by atoms with Crippen LogP contribution >= 0.6 is 11.6 Å². The summed E-state index contributed by atoms with van der Waals surface area (Å²) in [6.07, 6.45) is -4.10. The zero-order chi connectivity index (χ0) is 12.5. The maximum absolute atomic E-state index is 12.2. The standard InChI is InChI=1S/C9H13ClF3N3/c1-5(2)16-8(6(10)4-15-16)7(14)3-9(11,12)13/h4-5,7H,3,14H2,1-2H3. The largest absolute Gasteiger partial charge is 0.390 e. The van der Waals surface area contributed by atoms with Crippen molar-refractivity contribution in [3.63, 3.8) is 0 Å². The lowest BCUT2D eigenvalue weighted by Crippen LogP contribution is -2.24. The van der Waals surface area contributed by atoms with Gasteiger partial charge in [0.1, 0.15) is 0 Å². The van der Waals surface area contributed by atoms with Gasteiger partial charge in [0, 0.05) is 6.04 Å². The highest BCUT2D eigenvalue weighted by Crippen LogP contribution is 2.32. The number of halogens is 4. The fourth-order valence-electron chi connectivity index (χ4n) is 1.46. The Balaban J connectivity index is 2.98. The summed E-state index contributed by atoms with van der Waals surface area (Å²) in [6.45, 7) is 3.60. The average Bonchev–Trinajstić information content (AvgIpc) is 2.43. The Kier molecular flexibility index (Phi) is 3.85. The summed E-state index contributed by atoms with van der Waals surface area (Å²) in [5, 5.41) is 4.08. The molecule has 92 valence electrons. The van der Waals surface area contributed by atoms with E-state index in [-0.39, 0.29) is 16.8 Å². The van der Waals surface area contributed by atoms with E-state index in [4.69, 9.17) is 17.3 Å². The number of alkyl halides is 3. The van der Waals surface area contributed by atoms with Gasteiger partial charge in [0.2, 0.25) is 0 Å². The first-order valence-corrected chi connectivity index (χ1v) is 5.15. The van der Waals surface area contributed by atoms with Crippen molar-refractivity contribution in [3.05, 3.63) is 16.9 Å². The van der Waals surface area contributed by atoms with Crippen LogP contribution in [0, 0.1) is 0 Å². The molecule has 0 saturated carbocycles. The molecule has 0 aliphatic heterocycles. The summed E-state index contributed by atoms with van der Waals surface area (Å²) < 4.78 is 38.0. The highest BCUT2D eigenvalue weighted by atomic mass is 35.5. The van der Waals surface area contributed by atoms with Gasteiger partial charge in [0.25, 0.3) is 0 Å². The fourth-order valence-corrected chi connectivity index (χ4v) is 1.73. The maximum Gasteiger partial charge on any atom is 0.390 e. The smallest absolute Gasteiger partial charge is 0.322 e. The molecule has 0 saturated heterocycles. The van der Waals surface area contributed by atoms with Crippen LogP contribution in [0.4, 0.5) is 13.2 Å². The highest BCUT2D eigenvalue weighted by molar-refractivity contribution is 6.31. The third kappa shape index (κ3) is 3.12. The lowest BCUT2D eigenvalue weighted by molar-refractivity contribution is -0.138. The van der Waals surface area contributed by atoms with Crippen LogP contribution in [0.15, 0.2) is 6.20 Å². The molecule has 3 nitrogen and oxygen atoms in total. The van der Waals surface area contributed by atoms with Crippen LogP contribution in [0.2, 0.25) is 5.02 Å². The minimum absolute atomic E-state index is 0.0817. The summed E-state index contributed by atoms with van der Waals surface area (Å²) >= 11 is 5.78. The SMILES string of the molecule is CC(C)n1ncc(Cl)c1C(N)CC(F)(F)F. The van der Waals surface area contributed by atoms with Crippen molar-refractivity contribution in [1.29, 1.82) is 0 Å². The number of rotatable bonds is 3. The molecule has 0 fully saturated rings. The predicted octanol–water partition coefficient (Wildman–Crippen LogP) is 3.07. The van der Waals surface area contributed by atoms with Crippen molar-refractivity contribution in [3.8, 4) is 0 Å². The molecule has 2 N–H and O–H groups in total. The van der Waals surface area contributed by atoms with Crippen molar-refractivity contribution in [2.45, 2.75) is 38.5 Å². The number of nitrogens with zero attached hydrogens (tertiary/aromatic N) is 2. The summed E-state index contributed by atoms with van der Waals surface area (Å²) in [5.41, 5.74) is 5.73. The molecule has 16 heavy (non-hydrogen) atoms. The van der Waals surface area contributed by atoms with Crippen molar-refractivity contribution < 1.29 is 13.2 Å². The molecule has 0 aliphatic rings. The third-order valence-electron chi connectivity index (χ3n) is 2.08. The number of nitrogens with two attached hydrogens (primary N) is 1. The first-order valence-electron chi connectivity index (χ1n) is 4.77. The second-order valence-electron chi connectivity index (χ2n) is 3.84. The van der Waals surface area contributed by atoms with Crippen molar-refractivity contribution in [2.75, 3.05) is 0 Å². The molecule has 0 bridgehead atoms. The van der Waals surface area contributed by atoms with Gasteiger partial charge in [-0.1, -0.05) is 11.6 Å². The van der Waals surface area contributed by atoms with E-state index in [1.54, 1.807) is 13.8 Å². The van der Waals surface area contributed by atoms with E-state index in [2.05, 4.69) is 5.10 Å². The number of aromatic nitrogens is 2. The van der Waals surface area contributed by atoms with Gasteiger partial charge in [0.05, 0.1) is 29.4 Å². The minimum atomic E-state index is -4.31. The van der Waals surface area contributed by atoms with Gasteiger partial charge >= 0.3 is 6.18 Å². The normalized spacial score (nSPS) is 14.5. The molecule has 0 aromatic carbocycles. The van der Waals surface area contributed by atoms with Crippen molar-refractivity contribution in [1.82, 2.24) is 9.78 Å². The van der Waals surface area contributed by atoms with E-state index in [0.717, 1.165) is 0 Å². The van der Waals surface area contributed by atoms with Crippen LogP contribution < -0.4 is 5.73 Å². The first kappa shape index (κ1) is 13.3. The molecule has 1 heterocycles. The molecule has 1 atom stereocenters. The molecule has 0 aliphatic carbocycles. The summed E-state index contributed by atoms with van der Waals surface area (Å²) in [4.78, 5) is 0. The molecule has 0 spiro atoms. The molecule has 1 rings (SSSR count). The van der Waals surface area contributed by atoms with Crippen LogP contribution in [0.3, 0.4) is 0 Å². The Hall–Kier alpha value is -0.750. The third-order valence-corrected chi connectivity index (χ3v) is 2.37. The zero-order valence-electron chi connectivity index (χ0n) is 8.92. The number of hydrogen-bond acceptors (Lipinski definition) is 2. The number of hydrogen-bond donors (Lipinski definition) is 1. The van der Waals surface area contributed by atoms with Crippen LogP contribution in [-0.2, 0) is 0 Å². The Bertz CT molecular complexity index is 359. The second kappa shape index (κ2) is 4.63. The molecule has 7 heteroatoms.